The van der Waals surface area contributed by atoms with Gasteiger partial charge in [0.1, 0.15) is 10.6 Å². The van der Waals surface area contributed by atoms with Gasteiger partial charge in [-0.25, -0.2) is 8.42 Å². The zero-order chi connectivity index (χ0) is 19.1. The molecule has 1 heterocycles. The molecule has 0 bridgehead atoms. The fourth-order valence-electron chi connectivity index (χ4n) is 2.57. The summed E-state index contributed by atoms with van der Waals surface area (Å²) >= 11 is 5.95. The molecular weight excluding hydrogens is 380 g/mol. The zero-order valence-corrected chi connectivity index (χ0v) is 14.7. The summed E-state index contributed by atoms with van der Waals surface area (Å²) in [5.41, 5.74) is 10.6. The number of benzene rings is 2. The van der Waals surface area contributed by atoms with Gasteiger partial charge in [-0.05, 0) is 30.3 Å². The summed E-state index contributed by atoms with van der Waals surface area (Å²) in [5.74, 6) is -1.76. The van der Waals surface area contributed by atoms with Crippen LogP contribution in [0.2, 0.25) is 5.02 Å². The Bertz CT molecular complexity index is 1150. The van der Waals surface area contributed by atoms with E-state index in [0.29, 0.717) is 5.52 Å². The molecule has 0 saturated carbocycles. The number of nitrogens with two attached hydrogens (primary N) is 2. The summed E-state index contributed by atoms with van der Waals surface area (Å²) in [6, 6.07) is 10.3. The second-order valence-electron chi connectivity index (χ2n) is 5.40. The average Bonchev–Trinajstić information content (AvgIpc) is 2.94. The van der Waals surface area contributed by atoms with E-state index >= 15 is 0 Å². The summed E-state index contributed by atoms with van der Waals surface area (Å²) in [7, 11) is -4.29. The van der Waals surface area contributed by atoms with Gasteiger partial charge in [-0.2, -0.15) is 0 Å². The second kappa shape index (κ2) is 6.36. The number of aromatic amines is 1. The molecule has 3 aromatic rings. The number of H-pyrrole nitrogens is 1. The molecule has 0 aliphatic rings. The van der Waals surface area contributed by atoms with Crippen LogP contribution in [0.3, 0.4) is 0 Å². The van der Waals surface area contributed by atoms with Gasteiger partial charge in [-0.3, -0.25) is 14.3 Å². The maximum absolute atomic E-state index is 13.0. The topological polar surface area (TPSA) is 148 Å². The Balaban J connectivity index is 2.22. The predicted octanol–water partition coefficient (Wildman–Crippen LogP) is 1.82. The zero-order valence-electron chi connectivity index (χ0n) is 13.1. The standard InChI is InChI=1S/C16H13ClN4O4S/c17-8-5-6-11-10(7-8)14(13(20-11)16(19)23)26(24,25)21-12-4-2-1-3-9(12)15(18)22/h1-7,20-21H,(H2,18,22)(H2,19,23). The summed E-state index contributed by atoms with van der Waals surface area (Å²) in [6.07, 6.45) is 0. The van der Waals surface area contributed by atoms with E-state index in [1.807, 2.05) is 0 Å². The van der Waals surface area contributed by atoms with E-state index in [9.17, 15) is 18.0 Å². The highest BCUT2D eigenvalue weighted by atomic mass is 35.5. The molecule has 0 fully saturated rings. The second-order valence-corrected chi connectivity index (χ2v) is 7.45. The van der Waals surface area contributed by atoms with Gasteiger partial charge < -0.3 is 16.5 Å². The van der Waals surface area contributed by atoms with Crippen LogP contribution in [0, 0.1) is 0 Å². The number of halogens is 1. The largest absolute Gasteiger partial charge is 0.366 e. The van der Waals surface area contributed by atoms with Crippen LogP contribution < -0.4 is 16.2 Å². The van der Waals surface area contributed by atoms with E-state index in [4.69, 9.17) is 23.1 Å². The van der Waals surface area contributed by atoms with E-state index in [1.54, 1.807) is 0 Å². The van der Waals surface area contributed by atoms with Crippen molar-refractivity contribution in [1.29, 1.82) is 0 Å². The van der Waals surface area contributed by atoms with Crippen molar-refractivity contribution in [2.24, 2.45) is 11.5 Å². The van der Waals surface area contributed by atoms with Crippen molar-refractivity contribution in [1.82, 2.24) is 4.98 Å². The number of amides is 2. The molecule has 2 amide bonds. The van der Waals surface area contributed by atoms with Crippen LogP contribution in [-0.4, -0.2) is 25.2 Å². The Morgan fingerprint density at radius 2 is 1.73 bits per heavy atom. The molecule has 0 unspecified atom stereocenters. The van der Waals surface area contributed by atoms with Gasteiger partial charge in [0.15, 0.2) is 0 Å². The van der Waals surface area contributed by atoms with Crippen molar-refractivity contribution in [3.63, 3.8) is 0 Å². The molecular formula is C16H13ClN4O4S. The molecule has 0 aliphatic carbocycles. The fraction of sp³-hybridized carbons (Fsp3) is 0. The van der Waals surface area contributed by atoms with Crippen LogP contribution in [0.25, 0.3) is 10.9 Å². The van der Waals surface area contributed by atoms with E-state index in [2.05, 4.69) is 9.71 Å². The highest BCUT2D eigenvalue weighted by Crippen LogP contribution is 2.31. The molecule has 134 valence electrons. The maximum atomic E-state index is 13.0. The Kier molecular flexibility index (Phi) is 4.34. The number of rotatable bonds is 5. The quantitative estimate of drug-likeness (QED) is 0.524. The molecule has 0 aliphatic heterocycles. The third kappa shape index (κ3) is 3.09. The maximum Gasteiger partial charge on any atom is 0.266 e. The number of aromatic nitrogens is 1. The first-order valence-electron chi connectivity index (χ1n) is 7.23. The van der Waals surface area contributed by atoms with Crippen LogP contribution in [-0.2, 0) is 10.0 Å². The highest BCUT2D eigenvalue weighted by molar-refractivity contribution is 7.93. The lowest BCUT2D eigenvalue weighted by Crippen LogP contribution is -2.22. The van der Waals surface area contributed by atoms with Crippen LogP contribution >= 0.6 is 11.6 Å². The molecule has 2 aromatic carbocycles. The number of nitrogens with one attached hydrogen (secondary N) is 2. The van der Waals surface area contributed by atoms with Crippen molar-refractivity contribution in [2.75, 3.05) is 4.72 Å². The minimum Gasteiger partial charge on any atom is -0.366 e. The Labute approximate surface area is 153 Å². The summed E-state index contributed by atoms with van der Waals surface area (Å²) in [4.78, 5) is 25.6. The van der Waals surface area contributed by atoms with Crippen molar-refractivity contribution < 1.29 is 18.0 Å². The molecule has 8 nitrogen and oxygen atoms in total. The first-order chi connectivity index (χ1) is 12.2. The van der Waals surface area contributed by atoms with Gasteiger partial charge >= 0.3 is 0 Å². The molecule has 3 rings (SSSR count). The van der Waals surface area contributed by atoms with Gasteiger partial charge in [-0.15, -0.1) is 0 Å². The van der Waals surface area contributed by atoms with Crippen molar-refractivity contribution in [2.45, 2.75) is 4.90 Å². The highest BCUT2D eigenvalue weighted by Gasteiger charge is 2.28. The van der Waals surface area contributed by atoms with Crippen molar-refractivity contribution in [3.8, 4) is 0 Å². The first kappa shape index (κ1) is 17.8. The van der Waals surface area contributed by atoms with E-state index in [1.165, 1.54) is 42.5 Å². The lowest BCUT2D eigenvalue weighted by atomic mass is 10.2. The third-order valence-electron chi connectivity index (χ3n) is 3.66. The Hall–Kier alpha value is -3.04. The minimum atomic E-state index is -4.29. The number of para-hydroxylation sites is 1. The van der Waals surface area contributed by atoms with E-state index in [-0.39, 0.29) is 32.2 Å². The SMILES string of the molecule is NC(=O)c1ccccc1NS(=O)(=O)c1c(C(N)=O)[nH]c2ccc(Cl)cc12. The van der Waals surface area contributed by atoms with Gasteiger partial charge in [0.25, 0.3) is 21.8 Å². The number of carbonyl (C=O) groups is 2. The molecule has 0 spiro atoms. The minimum absolute atomic E-state index is 0.0189. The molecule has 1 aromatic heterocycles. The van der Waals surface area contributed by atoms with Crippen molar-refractivity contribution >= 4 is 50.0 Å². The van der Waals surface area contributed by atoms with Gasteiger partial charge in [0.05, 0.1) is 11.3 Å². The number of hydrogen-bond donors (Lipinski definition) is 4. The number of hydrogen-bond acceptors (Lipinski definition) is 4. The number of anilines is 1. The molecule has 0 radical (unpaired) electrons. The van der Waals surface area contributed by atoms with Gasteiger partial charge in [-0.1, -0.05) is 23.7 Å². The van der Waals surface area contributed by atoms with Crippen LogP contribution in [0.1, 0.15) is 20.8 Å². The summed E-state index contributed by atoms with van der Waals surface area (Å²) < 4.78 is 28.2. The molecule has 26 heavy (non-hydrogen) atoms. The smallest absolute Gasteiger partial charge is 0.266 e. The van der Waals surface area contributed by atoms with Crippen molar-refractivity contribution in [3.05, 3.63) is 58.7 Å². The van der Waals surface area contributed by atoms with E-state index < -0.39 is 21.8 Å². The number of primary amides is 2. The monoisotopic (exact) mass is 392 g/mol. The predicted molar refractivity (Wildman–Crippen MR) is 97.6 cm³/mol. The molecule has 6 N–H and O–H groups in total. The first-order valence-corrected chi connectivity index (χ1v) is 9.09. The van der Waals surface area contributed by atoms with Crippen LogP contribution in [0.4, 0.5) is 5.69 Å². The fourth-order valence-corrected chi connectivity index (χ4v) is 4.20. The molecule has 0 atom stereocenters. The van der Waals surface area contributed by atoms with Crippen LogP contribution in [0.5, 0.6) is 0 Å². The number of fused-ring (bicyclic) bond motifs is 1. The van der Waals surface area contributed by atoms with Gasteiger partial charge in [0.2, 0.25) is 0 Å². The number of carbonyl (C=O) groups excluding carboxylic acids is 2. The lowest BCUT2D eigenvalue weighted by Gasteiger charge is -2.11. The van der Waals surface area contributed by atoms with Crippen LogP contribution in [0.15, 0.2) is 47.4 Å². The Morgan fingerprint density at radius 1 is 1.04 bits per heavy atom. The Morgan fingerprint density at radius 3 is 2.38 bits per heavy atom. The van der Waals surface area contributed by atoms with E-state index in [0.717, 1.165) is 0 Å². The summed E-state index contributed by atoms with van der Waals surface area (Å²) in [5, 5.41) is 0.469. The molecule has 0 saturated heterocycles. The van der Waals surface area contributed by atoms with Gasteiger partial charge in [0, 0.05) is 15.9 Å². The number of sulfonamides is 1. The molecule has 10 heteroatoms. The summed E-state index contributed by atoms with van der Waals surface area (Å²) in [6.45, 7) is 0. The average molecular weight is 393 g/mol. The lowest BCUT2D eigenvalue weighted by molar-refractivity contribution is 0.0988. The normalized spacial score (nSPS) is 11.4. The third-order valence-corrected chi connectivity index (χ3v) is 5.35.